The van der Waals surface area contributed by atoms with E-state index in [1.54, 1.807) is 0 Å². The molecule has 18 heavy (non-hydrogen) atoms. The van der Waals surface area contributed by atoms with Crippen LogP contribution < -0.4 is 5.73 Å². The summed E-state index contributed by atoms with van der Waals surface area (Å²) in [5, 5.41) is 0.357. The number of alkyl halides is 3. The molecule has 0 fully saturated rings. The van der Waals surface area contributed by atoms with Crippen molar-refractivity contribution in [1.29, 1.82) is 0 Å². The second-order valence-electron chi connectivity index (χ2n) is 4.00. The van der Waals surface area contributed by atoms with Gasteiger partial charge < -0.3 is 5.73 Å². The third-order valence-corrected chi connectivity index (χ3v) is 2.70. The number of nitrogens with zero attached hydrogens (tertiary/aromatic N) is 3. The quantitative estimate of drug-likeness (QED) is 0.918. The molecule has 2 aromatic heterocycles. The average molecular weight is 279 g/mol. The van der Waals surface area contributed by atoms with Crippen molar-refractivity contribution in [2.24, 2.45) is 0 Å². The van der Waals surface area contributed by atoms with Crippen molar-refractivity contribution in [2.75, 3.05) is 5.73 Å². The van der Waals surface area contributed by atoms with E-state index in [9.17, 15) is 13.2 Å². The zero-order chi connectivity index (χ0) is 13.5. The Labute approximate surface area is 106 Å². The first-order chi connectivity index (χ1) is 8.28. The molecule has 0 amide bonds. The van der Waals surface area contributed by atoms with E-state index in [1.165, 1.54) is 23.8 Å². The normalized spacial score (nSPS) is 14.1. The van der Waals surface area contributed by atoms with Crippen molar-refractivity contribution >= 4 is 28.7 Å². The molecular weight excluding hydrogens is 269 g/mol. The van der Waals surface area contributed by atoms with Crippen molar-refractivity contribution in [1.82, 2.24) is 14.5 Å². The third-order valence-electron chi connectivity index (χ3n) is 2.49. The zero-order valence-corrected chi connectivity index (χ0v) is 10.1. The van der Waals surface area contributed by atoms with Crippen LogP contribution >= 0.6 is 11.6 Å². The van der Waals surface area contributed by atoms with Crippen LogP contribution in [0.1, 0.15) is 19.4 Å². The number of imidazole rings is 1. The van der Waals surface area contributed by atoms with Gasteiger partial charge in [-0.1, -0.05) is 11.6 Å². The zero-order valence-electron chi connectivity index (χ0n) is 9.37. The number of halogens is 4. The summed E-state index contributed by atoms with van der Waals surface area (Å²) in [7, 11) is 0. The van der Waals surface area contributed by atoms with Gasteiger partial charge in [-0.3, -0.25) is 4.57 Å². The van der Waals surface area contributed by atoms with Crippen molar-refractivity contribution in [2.45, 2.75) is 25.6 Å². The molecule has 0 aliphatic rings. The maximum absolute atomic E-state index is 12.4. The van der Waals surface area contributed by atoms with Gasteiger partial charge in [-0.15, -0.1) is 0 Å². The van der Waals surface area contributed by atoms with Gasteiger partial charge in [0.05, 0.1) is 11.4 Å². The molecule has 1 unspecified atom stereocenters. The molecule has 4 nitrogen and oxygen atoms in total. The molecule has 2 aromatic rings. The molecular formula is C10H10ClF3N4. The number of pyridine rings is 1. The second-order valence-corrected chi connectivity index (χ2v) is 4.44. The van der Waals surface area contributed by atoms with Gasteiger partial charge in [-0.25, -0.2) is 9.97 Å². The monoisotopic (exact) mass is 278 g/mol. The molecule has 2 N–H and O–H groups in total. The Hall–Kier alpha value is -1.50. The maximum Gasteiger partial charge on any atom is 0.391 e. The summed E-state index contributed by atoms with van der Waals surface area (Å²) in [5.41, 5.74) is 6.31. The Morgan fingerprint density at radius 2 is 2.17 bits per heavy atom. The van der Waals surface area contributed by atoms with E-state index in [0.29, 0.717) is 16.2 Å². The number of nitrogens with two attached hydrogens (primary N) is 1. The lowest BCUT2D eigenvalue weighted by Gasteiger charge is -2.17. The Morgan fingerprint density at radius 3 is 2.78 bits per heavy atom. The Morgan fingerprint density at radius 1 is 1.50 bits per heavy atom. The molecule has 1 atom stereocenters. The van der Waals surface area contributed by atoms with Gasteiger partial charge in [0.25, 0.3) is 0 Å². The summed E-state index contributed by atoms with van der Waals surface area (Å²) in [4.78, 5) is 7.93. The van der Waals surface area contributed by atoms with Gasteiger partial charge in [0.15, 0.2) is 5.65 Å². The van der Waals surface area contributed by atoms with Crippen LogP contribution in [0.2, 0.25) is 5.02 Å². The number of nitrogen functional groups attached to an aromatic ring is 1. The topological polar surface area (TPSA) is 56.7 Å². The molecule has 0 aliphatic carbocycles. The van der Waals surface area contributed by atoms with Crippen molar-refractivity contribution in [3.05, 3.63) is 17.3 Å². The van der Waals surface area contributed by atoms with Crippen molar-refractivity contribution in [3.63, 3.8) is 0 Å². The summed E-state index contributed by atoms with van der Waals surface area (Å²) in [6.07, 6.45) is -3.91. The molecule has 8 heteroatoms. The number of aromatic nitrogens is 3. The van der Waals surface area contributed by atoms with Gasteiger partial charge in [0, 0.05) is 12.2 Å². The van der Waals surface area contributed by atoms with E-state index >= 15 is 0 Å². The number of rotatable bonds is 2. The fourth-order valence-electron chi connectivity index (χ4n) is 1.84. The highest BCUT2D eigenvalue weighted by atomic mass is 35.5. The first-order valence-electron chi connectivity index (χ1n) is 5.13. The average Bonchev–Trinajstić information content (AvgIpc) is 2.50. The minimum absolute atomic E-state index is 0.00323. The predicted molar refractivity (Wildman–Crippen MR) is 62.3 cm³/mol. The Bertz CT molecular complexity index is 578. The highest BCUT2D eigenvalue weighted by Gasteiger charge is 2.32. The van der Waals surface area contributed by atoms with Gasteiger partial charge in [-0.05, 0) is 13.0 Å². The smallest absolute Gasteiger partial charge is 0.369 e. The number of anilines is 1. The van der Waals surface area contributed by atoms with Crippen LogP contribution in [0.25, 0.3) is 11.2 Å². The highest BCUT2D eigenvalue weighted by molar-refractivity contribution is 6.31. The van der Waals surface area contributed by atoms with Gasteiger partial charge in [-0.2, -0.15) is 13.2 Å². The number of fused-ring (bicyclic) bond motifs is 1. The van der Waals surface area contributed by atoms with Gasteiger partial charge in [0.1, 0.15) is 5.52 Å². The summed E-state index contributed by atoms with van der Waals surface area (Å²) in [6, 6.07) is 0.639. The van der Waals surface area contributed by atoms with E-state index in [0.717, 1.165) is 0 Å². The summed E-state index contributed by atoms with van der Waals surface area (Å²) >= 11 is 5.73. The lowest BCUT2D eigenvalue weighted by atomic mass is 10.2. The SMILES string of the molecule is CC(CC(F)(F)F)n1c(N)nc2cc(Cl)cnc21. The van der Waals surface area contributed by atoms with Crippen LogP contribution in [-0.4, -0.2) is 20.7 Å². The van der Waals surface area contributed by atoms with Crippen LogP contribution in [-0.2, 0) is 0 Å². The molecule has 0 spiro atoms. The van der Waals surface area contributed by atoms with Crippen LogP contribution in [0.15, 0.2) is 12.3 Å². The third kappa shape index (κ3) is 2.50. The van der Waals surface area contributed by atoms with E-state index in [2.05, 4.69) is 9.97 Å². The van der Waals surface area contributed by atoms with Crippen LogP contribution in [0.3, 0.4) is 0 Å². The molecule has 0 bridgehead atoms. The minimum Gasteiger partial charge on any atom is -0.369 e. The van der Waals surface area contributed by atoms with Gasteiger partial charge >= 0.3 is 6.18 Å². The first kappa shape index (κ1) is 12.9. The summed E-state index contributed by atoms with van der Waals surface area (Å²) < 4.78 is 38.4. The molecule has 0 aromatic carbocycles. The van der Waals surface area contributed by atoms with Crippen LogP contribution in [0.5, 0.6) is 0 Å². The molecule has 2 rings (SSSR count). The lowest BCUT2D eigenvalue weighted by Crippen LogP contribution is -2.18. The first-order valence-corrected chi connectivity index (χ1v) is 5.51. The second kappa shape index (κ2) is 4.31. The molecule has 0 saturated carbocycles. The van der Waals surface area contributed by atoms with Gasteiger partial charge in [0.2, 0.25) is 5.95 Å². The summed E-state index contributed by atoms with van der Waals surface area (Å²) in [5.74, 6) is -0.00323. The molecule has 0 saturated heterocycles. The Kier molecular flexibility index (Phi) is 3.10. The van der Waals surface area contributed by atoms with E-state index in [1.807, 2.05) is 0 Å². The standard InChI is InChI=1S/C10H10ClF3N4/c1-5(3-10(12,13)14)18-8-7(17-9(18)15)2-6(11)4-16-8/h2,4-5H,3H2,1H3,(H2,15,17). The number of hydrogen-bond acceptors (Lipinski definition) is 3. The van der Waals surface area contributed by atoms with E-state index < -0.39 is 18.6 Å². The van der Waals surface area contributed by atoms with Crippen LogP contribution in [0.4, 0.5) is 19.1 Å². The van der Waals surface area contributed by atoms with E-state index in [4.69, 9.17) is 17.3 Å². The fourth-order valence-corrected chi connectivity index (χ4v) is 1.99. The highest BCUT2D eigenvalue weighted by Crippen LogP contribution is 2.31. The largest absolute Gasteiger partial charge is 0.391 e. The maximum atomic E-state index is 12.4. The fraction of sp³-hybridized carbons (Fsp3) is 0.400. The Balaban J connectivity index is 2.47. The molecule has 0 radical (unpaired) electrons. The van der Waals surface area contributed by atoms with Crippen LogP contribution in [0, 0.1) is 0 Å². The minimum atomic E-state index is -4.27. The predicted octanol–water partition coefficient (Wildman–Crippen LogP) is 3.18. The lowest BCUT2D eigenvalue weighted by molar-refractivity contribution is -0.141. The van der Waals surface area contributed by atoms with Crippen molar-refractivity contribution in [3.8, 4) is 0 Å². The molecule has 2 heterocycles. The molecule has 0 aliphatic heterocycles. The van der Waals surface area contributed by atoms with Crippen molar-refractivity contribution < 1.29 is 13.2 Å². The number of hydrogen-bond donors (Lipinski definition) is 1. The van der Waals surface area contributed by atoms with E-state index in [-0.39, 0.29) is 5.95 Å². The molecule has 98 valence electrons. The summed E-state index contributed by atoms with van der Waals surface area (Å²) in [6.45, 7) is 1.42.